The first-order chi connectivity index (χ1) is 18.4. The number of methoxy groups -OCH3 is 3. The molecule has 0 aliphatic heterocycles. The van der Waals surface area contributed by atoms with E-state index in [2.05, 4.69) is 11.4 Å². The van der Waals surface area contributed by atoms with Crippen LogP contribution in [0, 0.1) is 11.3 Å². The van der Waals surface area contributed by atoms with Crippen molar-refractivity contribution in [2.45, 2.75) is 5.03 Å². The molecule has 38 heavy (non-hydrogen) atoms. The zero-order valence-electron chi connectivity index (χ0n) is 20.9. The Morgan fingerprint density at radius 1 is 0.921 bits per heavy atom. The number of benzene rings is 3. The number of hydrogen-bond acceptors (Lipinski definition) is 7. The van der Waals surface area contributed by atoms with Gasteiger partial charge in [0.15, 0.2) is 11.5 Å². The summed E-state index contributed by atoms with van der Waals surface area (Å²) >= 11 is 7.28. The third-order valence-electron chi connectivity index (χ3n) is 5.65. The molecule has 1 heterocycles. The van der Waals surface area contributed by atoms with Crippen LogP contribution in [-0.4, -0.2) is 38.0 Å². The van der Waals surface area contributed by atoms with Gasteiger partial charge >= 0.3 is 0 Å². The van der Waals surface area contributed by atoms with E-state index < -0.39 is 0 Å². The monoisotopic (exact) mass is 545 g/mol. The number of carbonyl (C=O) groups excluding carboxylic acids is 1. The molecule has 1 N–H and O–H groups in total. The number of ether oxygens (including phenoxy) is 3. The van der Waals surface area contributed by atoms with Gasteiger partial charge in [-0.1, -0.05) is 41.6 Å². The topological polar surface area (TPSA) is 93.5 Å². The Hall–Kier alpha value is -4.19. The van der Waals surface area contributed by atoms with E-state index in [1.807, 2.05) is 30.3 Å². The molecule has 0 bridgehead atoms. The van der Waals surface area contributed by atoms with E-state index in [0.717, 1.165) is 11.1 Å². The van der Waals surface area contributed by atoms with Crippen LogP contribution in [0.3, 0.4) is 0 Å². The van der Waals surface area contributed by atoms with Gasteiger partial charge in [0, 0.05) is 21.8 Å². The number of thioether (sulfide) groups is 1. The van der Waals surface area contributed by atoms with Gasteiger partial charge in [-0.25, -0.2) is 4.98 Å². The molecule has 0 saturated heterocycles. The predicted molar refractivity (Wildman–Crippen MR) is 150 cm³/mol. The molecule has 0 aliphatic carbocycles. The number of hydrogen-bond donors (Lipinski definition) is 1. The number of nitrogens with zero attached hydrogens (tertiary/aromatic N) is 2. The number of aromatic nitrogens is 1. The van der Waals surface area contributed by atoms with E-state index in [0.29, 0.717) is 49.8 Å². The van der Waals surface area contributed by atoms with E-state index >= 15 is 0 Å². The first-order valence-corrected chi connectivity index (χ1v) is 12.8. The minimum atomic E-state index is -0.226. The quantitative estimate of drug-likeness (QED) is 0.234. The van der Waals surface area contributed by atoms with Gasteiger partial charge in [0.1, 0.15) is 16.8 Å². The Morgan fingerprint density at radius 2 is 1.61 bits per heavy atom. The highest BCUT2D eigenvalue weighted by atomic mass is 35.5. The summed E-state index contributed by atoms with van der Waals surface area (Å²) in [5, 5.41) is 14.0. The van der Waals surface area contributed by atoms with Crippen molar-refractivity contribution in [3.8, 4) is 45.7 Å². The first kappa shape index (κ1) is 26.9. The SMILES string of the molecule is COc1ccc(NC(=O)CSc2nc(-c3ccc(Cl)cc3)cc(-c3ccc(OC)c(OC)c3)c2C#N)cc1. The van der Waals surface area contributed by atoms with Crippen LogP contribution < -0.4 is 19.5 Å². The molecular weight excluding hydrogens is 522 g/mol. The van der Waals surface area contributed by atoms with Gasteiger partial charge in [0.05, 0.1) is 38.3 Å². The minimum absolute atomic E-state index is 0.0587. The summed E-state index contributed by atoms with van der Waals surface area (Å²) in [6.07, 6.45) is 0. The molecule has 4 aromatic rings. The van der Waals surface area contributed by atoms with Gasteiger partial charge in [0.25, 0.3) is 0 Å². The van der Waals surface area contributed by atoms with Crippen LogP contribution in [0.2, 0.25) is 5.02 Å². The molecule has 0 unspecified atom stereocenters. The molecule has 0 atom stereocenters. The highest BCUT2D eigenvalue weighted by Crippen LogP contribution is 2.38. The van der Waals surface area contributed by atoms with Crippen molar-refractivity contribution in [1.82, 2.24) is 4.98 Å². The average Bonchev–Trinajstić information content (AvgIpc) is 2.96. The fourth-order valence-corrected chi connectivity index (χ4v) is 4.67. The summed E-state index contributed by atoms with van der Waals surface area (Å²) in [5.41, 5.74) is 3.88. The molecule has 0 aliphatic rings. The maximum absolute atomic E-state index is 12.7. The van der Waals surface area contributed by atoms with E-state index in [1.165, 1.54) is 11.8 Å². The second kappa shape index (κ2) is 12.4. The van der Waals surface area contributed by atoms with Crippen LogP contribution in [0.5, 0.6) is 17.2 Å². The van der Waals surface area contributed by atoms with Crippen LogP contribution in [0.15, 0.2) is 77.8 Å². The van der Waals surface area contributed by atoms with Crippen molar-refractivity contribution in [3.05, 3.63) is 83.4 Å². The molecule has 4 rings (SSSR count). The van der Waals surface area contributed by atoms with Crippen LogP contribution in [0.1, 0.15) is 5.56 Å². The number of nitriles is 1. The van der Waals surface area contributed by atoms with Gasteiger partial charge in [-0.15, -0.1) is 0 Å². The largest absolute Gasteiger partial charge is 0.497 e. The number of rotatable bonds is 9. The lowest BCUT2D eigenvalue weighted by atomic mass is 9.99. The lowest BCUT2D eigenvalue weighted by Gasteiger charge is -2.14. The molecule has 1 aromatic heterocycles. The molecular formula is C29H24ClN3O4S. The second-order valence-electron chi connectivity index (χ2n) is 7.99. The van der Waals surface area contributed by atoms with E-state index in [-0.39, 0.29) is 11.7 Å². The maximum atomic E-state index is 12.7. The number of halogens is 1. The fourth-order valence-electron chi connectivity index (χ4n) is 3.74. The molecule has 1 amide bonds. The predicted octanol–water partition coefficient (Wildman–Crippen LogP) is 6.70. The summed E-state index contributed by atoms with van der Waals surface area (Å²) in [5.74, 6) is 1.64. The van der Waals surface area contributed by atoms with Gasteiger partial charge in [-0.05, 0) is 60.2 Å². The maximum Gasteiger partial charge on any atom is 0.234 e. The molecule has 3 aromatic carbocycles. The van der Waals surface area contributed by atoms with Crippen LogP contribution in [0.25, 0.3) is 22.4 Å². The summed E-state index contributed by atoms with van der Waals surface area (Å²) in [4.78, 5) is 17.5. The zero-order chi connectivity index (χ0) is 27.1. The van der Waals surface area contributed by atoms with Gasteiger partial charge in [0.2, 0.25) is 5.91 Å². The summed E-state index contributed by atoms with van der Waals surface area (Å²) < 4.78 is 16.0. The van der Waals surface area contributed by atoms with Crippen LogP contribution in [0.4, 0.5) is 5.69 Å². The van der Waals surface area contributed by atoms with Crippen molar-refractivity contribution in [1.29, 1.82) is 5.26 Å². The third kappa shape index (κ3) is 6.20. The van der Waals surface area contributed by atoms with Crippen molar-refractivity contribution in [3.63, 3.8) is 0 Å². The molecule has 9 heteroatoms. The summed E-state index contributed by atoms with van der Waals surface area (Å²) in [6.45, 7) is 0. The minimum Gasteiger partial charge on any atom is -0.497 e. The number of carbonyl (C=O) groups is 1. The van der Waals surface area contributed by atoms with Crippen molar-refractivity contribution >= 4 is 35.0 Å². The Bertz CT molecular complexity index is 1490. The van der Waals surface area contributed by atoms with E-state index in [4.69, 9.17) is 30.8 Å². The highest BCUT2D eigenvalue weighted by molar-refractivity contribution is 8.00. The fraction of sp³-hybridized carbons (Fsp3) is 0.138. The van der Waals surface area contributed by atoms with Crippen molar-refractivity contribution in [2.24, 2.45) is 0 Å². The average molecular weight is 546 g/mol. The first-order valence-electron chi connectivity index (χ1n) is 11.5. The van der Waals surface area contributed by atoms with Gasteiger partial charge in [-0.3, -0.25) is 4.79 Å². The molecule has 0 saturated carbocycles. The molecule has 7 nitrogen and oxygen atoms in total. The molecule has 0 radical (unpaired) electrons. The number of anilines is 1. The Balaban J connectivity index is 1.71. The summed E-state index contributed by atoms with van der Waals surface area (Å²) in [7, 11) is 4.70. The molecule has 0 spiro atoms. The molecule has 192 valence electrons. The normalized spacial score (nSPS) is 10.4. The Labute approximate surface area is 230 Å². The zero-order valence-corrected chi connectivity index (χ0v) is 22.5. The Kier molecular flexibility index (Phi) is 8.74. The number of pyridine rings is 1. The van der Waals surface area contributed by atoms with Gasteiger partial charge < -0.3 is 19.5 Å². The highest BCUT2D eigenvalue weighted by Gasteiger charge is 2.18. The second-order valence-corrected chi connectivity index (χ2v) is 9.39. The van der Waals surface area contributed by atoms with Crippen molar-refractivity contribution in [2.75, 3.05) is 32.4 Å². The Morgan fingerprint density at radius 3 is 2.24 bits per heavy atom. The number of amides is 1. The van der Waals surface area contributed by atoms with E-state index in [9.17, 15) is 10.1 Å². The lowest BCUT2D eigenvalue weighted by molar-refractivity contribution is -0.113. The van der Waals surface area contributed by atoms with Crippen LogP contribution in [-0.2, 0) is 4.79 Å². The summed E-state index contributed by atoms with van der Waals surface area (Å²) in [6, 6.07) is 23.9. The third-order valence-corrected chi connectivity index (χ3v) is 6.87. The smallest absolute Gasteiger partial charge is 0.234 e. The number of nitrogens with one attached hydrogen (secondary N) is 1. The van der Waals surface area contributed by atoms with Crippen LogP contribution >= 0.6 is 23.4 Å². The molecule has 0 fully saturated rings. The van der Waals surface area contributed by atoms with Gasteiger partial charge in [-0.2, -0.15) is 5.26 Å². The van der Waals surface area contributed by atoms with Crippen molar-refractivity contribution < 1.29 is 19.0 Å². The van der Waals surface area contributed by atoms with E-state index in [1.54, 1.807) is 63.8 Å². The standard InChI is InChI=1S/C29H24ClN3O4S/c1-35-22-11-9-21(10-12-22)32-28(34)17-38-29-24(16-31)23(19-6-13-26(36-2)27(14-19)37-3)15-25(33-29)18-4-7-20(30)8-5-18/h4-15H,17H2,1-3H3,(H,32,34). The lowest BCUT2D eigenvalue weighted by Crippen LogP contribution is -2.14.